The minimum Gasteiger partial charge on any atom is -0.422 e. The molecule has 1 aromatic heterocycles. The fourth-order valence-electron chi connectivity index (χ4n) is 1.33. The van der Waals surface area contributed by atoms with Crippen LogP contribution in [0.4, 0.5) is 0 Å². The summed E-state index contributed by atoms with van der Waals surface area (Å²) >= 11 is 1.39. The van der Waals surface area contributed by atoms with Crippen LogP contribution in [0.5, 0.6) is 5.75 Å². The van der Waals surface area contributed by atoms with E-state index in [0.29, 0.717) is 16.2 Å². The molecule has 0 saturated carbocycles. The molecule has 0 radical (unpaired) electrons. The average molecular weight is 243 g/mol. The number of aryl methyl sites for hydroxylation is 1. The molecule has 0 bridgehead atoms. The fraction of sp³-hybridized carbons (Fsp3) is 0.0769. The van der Waals surface area contributed by atoms with Gasteiger partial charge in [0.2, 0.25) is 0 Å². The number of thiophene rings is 1. The number of carbonyl (C=O) groups is 1. The molecule has 2 rings (SSSR count). The molecule has 0 aliphatic carbocycles. The lowest BCUT2D eigenvalue weighted by Crippen LogP contribution is -2.06. The fourth-order valence-corrected chi connectivity index (χ4v) is 2.07. The van der Waals surface area contributed by atoms with Crippen molar-refractivity contribution in [2.75, 3.05) is 0 Å². The first kappa shape index (κ1) is 11.4. The first-order valence-electron chi connectivity index (χ1n) is 4.98. The second kappa shape index (κ2) is 4.81. The van der Waals surface area contributed by atoms with E-state index in [2.05, 4.69) is 0 Å². The molecule has 0 unspecified atom stereocenters. The smallest absolute Gasteiger partial charge is 0.353 e. The van der Waals surface area contributed by atoms with Gasteiger partial charge in [0.15, 0.2) is 0 Å². The van der Waals surface area contributed by atoms with Crippen LogP contribution in [-0.2, 0) is 0 Å². The van der Waals surface area contributed by atoms with E-state index in [1.807, 2.05) is 19.1 Å². The van der Waals surface area contributed by atoms with Gasteiger partial charge in [0.05, 0.1) is 11.6 Å². The zero-order valence-electron chi connectivity index (χ0n) is 9.14. The number of hydrogen-bond donors (Lipinski definition) is 0. The summed E-state index contributed by atoms with van der Waals surface area (Å²) in [5.41, 5.74) is 0.470. The molecule has 1 heterocycles. The number of carbonyl (C=O) groups excluding carboxylic acids is 1. The highest BCUT2D eigenvalue weighted by Crippen LogP contribution is 2.19. The molecule has 0 fully saturated rings. The van der Waals surface area contributed by atoms with Crippen molar-refractivity contribution in [3.05, 3.63) is 51.7 Å². The zero-order valence-corrected chi connectivity index (χ0v) is 9.95. The molecule has 0 spiro atoms. The van der Waals surface area contributed by atoms with Gasteiger partial charge >= 0.3 is 5.97 Å². The molecule has 0 saturated heterocycles. The Morgan fingerprint density at radius 3 is 2.82 bits per heavy atom. The third-order valence-electron chi connectivity index (χ3n) is 2.12. The van der Waals surface area contributed by atoms with Crippen LogP contribution in [0.25, 0.3) is 0 Å². The number of esters is 1. The lowest BCUT2D eigenvalue weighted by Gasteiger charge is -2.02. The van der Waals surface area contributed by atoms with Crippen LogP contribution in [0.3, 0.4) is 0 Å². The maximum atomic E-state index is 11.7. The van der Waals surface area contributed by atoms with Gasteiger partial charge in [-0.3, -0.25) is 0 Å². The van der Waals surface area contributed by atoms with E-state index in [1.165, 1.54) is 11.3 Å². The Morgan fingerprint density at radius 1 is 1.35 bits per heavy atom. The Bertz CT molecular complexity index is 595. The molecule has 3 nitrogen and oxygen atoms in total. The van der Waals surface area contributed by atoms with Crippen molar-refractivity contribution < 1.29 is 9.53 Å². The summed E-state index contributed by atoms with van der Waals surface area (Å²) < 4.78 is 5.18. The lowest BCUT2D eigenvalue weighted by molar-refractivity contribution is 0.0740. The number of nitrogens with zero attached hydrogens (tertiary/aromatic N) is 1. The Morgan fingerprint density at radius 2 is 2.18 bits per heavy atom. The van der Waals surface area contributed by atoms with Crippen LogP contribution in [-0.4, -0.2) is 5.97 Å². The van der Waals surface area contributed by atoms with E-state index in [-0.39, 0.29) is 0 Å². The van der Waals surface area contributed by atoms with Gasteiger partial charge < -0.3 is 4.74 Å². The van der Waals surface area contributed by atoms with Gasteiger partial charge in [-0.25, -0.2) is 4.79 Å². The molecule has 0 amide bonds. The van der Waals surface area contributed by atoms with Crippen molar-refractivity contribution in [2.24, 2.45) is 0 Å². The van der Waals surface area contributed by atoms with E-state index in [9.17, 15) is 4.79 Å². The Labute approximate surface area is 103 Å². The summed E-state index contributed by atoms with van der Waals surface area (Å²) in [5, 5.41) is 8.73. The topological polar surface area (TPSA) is 50.1 Å². The largest absolute Gasteiger partial charge is 0.422 e. The molecular formula is C13H9NO2S. The van der Waals surface area contributed by atoms with E-state index in [4.69, 9.17) is 10.00 Å². The average Bonchev–Trinajstić information content (AvgIpc) is 2.76. The van der Waals surface area contributed by atoms with Crippen molar-refractivity contribution in [3.8, 4) is 11.8 Å². The monoisotopic (exact) mass is 243 g/mol. The molecule has 1 aromatic carbocycles. The summed E-state index contributed by atoms with van der Waals surface area (Å²) in [5.74, 6) is -0.00158. The minimum atomic E-state index is -0.391. The van der Waals surface area contributed by atoms with Crippen molar-refractivity contribution >= 4 is 17.3 Å². The second-order valence-electron chi connectivity index (χ2n) is 3.44. The third kappa shape index (κ3) is 2.71. The summed E-state index contributed by atoms with van der Waals surface area (Å²) in [4.78, 5) is 13.4. The van der Waals surface area contributed by atoms with Gasteiger partial charge in [-0.15, -0.1) is 11.3 Å². The number of benzene rings is 1. The molecule has 0 aliphatic heterocycles. The van der Waals surface area contributed by atoms with E-state index in [1.54, 1.807) is 30.3 Å². The van der Waals surface area contributed by atoms with E-state index >= 15 is 0 Å². The molecule has 0 N–H and O–H groups in total. The molecule has 17 heavy (non-hydrogen) atoms. The van der Waals surface area contributed by atoms with Gasteiger partial charge in [-0.05, 0) is 37.3 Å². The SMILES string of the molecule is Cc1ccc(C(=O)Oc2cccc(C#N)c2)s1. The maximum absolute atomic E-state index is 11.7. The van der Waals surface area contributed by atoms with E-state index in [0.717, 1.165) is 4.88 Å². The Hall–Kier alpha value is -2.12. The standard InChI is InChI=1S/C13H9NO2S/c1-9-5-6-12(17-9)13(15)16-11-4-2-3-10(7-11)8-14/h2-7H,1H3. The predicted octanol–water partition coefficient (Wildman–Crippen LogP) is 3.15. The predicted molar refractivity (Wildman–Crippen MR) is 65.2 cm³/mol. The van der Waals surface area contributed by atoms with Gasteiger partial charge in [0.1, 0.15) is 10.6 Å². The Balaban J connectivity index is 2.16. The second-order valence-corrected chi connectivity index (χ2v) is 4.73. The lowest BCUT2D eigenvalue weighted by atomic mass is 10.2. The molecule has 4 heteroatoms. The minimum absolute atomic E-state index is 0.389. The van der Waals surface area contributed by atoms with Crippen molar-refractivity contribution in [1.29, 1.82) is 5.26 Å². The molecule has 2 aromatic rings. The number of ether oxygens (including phenoxy) is 1. The van der Waals surface area contributed by atoms with Crippen LogP contribution >= 0.6 is 11.3 Å². The van der Waals surface area contributed by atoms with Crippen LogP contribution in [0, 0.1) is 18.3 Å². The van der Waals surface area contributed by atoms with Crippen molar-refractivity contribution in [3.63, 3.8) is 0 Å². The maximum Gasteiger partial charge on any atom is 0.353 e. The normalized spacial score (nSPS) is 9.65. The summed E-state index contributed by atoms with van der Waals surface area (Å²) in [7, 11) is 0. The van der Waals surface area contributed by atoms with Crippen LogP contribution in [0.1, 0.15) is 20.1 Å². The zero-order chi connectivity index (χ0) is 12.3. The quantitative estimate of drug-likeness (QED) is 0.601. The number of rotatable bonds is 2. The molecule has 84 valence electrons. The van der Waals surface area contributed by atoms with Crippen molar-refractivity contribution in [1.82, 2.24) is 0 Å². The van der Waals surface area contributed by atoms with Gasteiger partial charge in [0.25, 0.3) is 0 Å². The Kier molecular flexibility index (Phi) is 3.22. The number of hydrogen-bond acceptors (Lipinski definition) is 4. The molecular weight excluding hydrogens is 234 g/mol. The van der Waals surface area contributed by atoms with E-state index < -0.39 is 5.97 Å². The first-order valence-corrected chi connectivity index (χ1v) is 5.79. The van der Waals surface area contributed by atoms with Crippen LogP contribution < -0.4 is 4.74 Å². The van der Waals surface area contributed by atoms with Gasteiger partial charge in [0, 0.05) is 4.88 Å². The van der Waals surface area contributed by atoms with Gasteiger partial charge in [-0.2, -0.15) is 5.26 Å². The van der Waals surface area contributed by atoms with Crippen LogP contribution in [0.15, 0.2) is 36.4 Å². The highest BCUT2D eigenvalue weighted by molar-refractivity contribution is 7.13. The van der Waals surface area contributed by atoms with Gasteiger partial charge in [-0.1, -0.05) is 6.07 Å². The molecule has 0 atom stereocenters. The number of nitriles is 1. The van der Waals surface area contributed by atoms with Crippen LogP contribution in [0.2, 0.25) is 0 Å². The summed E-state index contributed by atoms with van der Waals surface area (Å²) in [6, 6.07) is 12.1. The highest BCUT2D eigenvalue weighted by Gasteiger charge is 2.10. The first-order chi connectivity index (χ1) is 8.19. The summed E-state index contributed by atoms with van der Waals surface area (Å²) in [6.07, 6.45) is 0. The summed E-state index contributed by atoms with van der Waals surface area (Å²) in [6.45, 7) is 1.93. The van der Waals surface area contributed by atoms with Crippen molar-refractivity contribution in [2.45, 2.75) is 6.92 Å². The highest BCUT2D eigenvalue weighted by atomic mass is 32.1. The third-order valence-corrected chi connectivity index (χ3v) is 3.10. The molecule has 0 aliphatic rings.